The topological polar surface area (TPSA) is 42.2 Å². The fourth-order valence-corrected chi connectivity index (χ4v) is 3.11. The summed E-state index contributed by atoms with van der Waals surface area (Å²) in [5.74, 6) is 0. The Hall–Kier alpha value is -0.450. The Morgan fingerprint density at radius 1 is 1.44 bits per heavy atom. The molecular weight excluding hydrogens is 218 g/mol. The molecule has 90 valence electrons. The lowest BCUT2D eigenvalue weighted by atomic mass is 9.91. The monoisotopic (exact) mass is 239 g/mol. The molecule has 1 aromatic heterocycles. The highest BCUT2D eigenvalue weighted by Crippen LogP contribution is 2.23. The Morgan fingerprint density at radius 3 is 2.75 bits per heavy atom. The molecule has 0 aliphatic heterocycles. The van der Waals surface area contributed by atoms with E-state index in [1.165, 1.54) is 30.7 Å². The van der Waals surface area contributed by atoms with Gasteiger partial charge < -0.3 is 5.73 Å². The van der Waals surface area contributed by atoms with Crippen LogP contribution in [0.1, 0.15) is 37.6 Å². The summed E-state index contributed by atoms with van der Waals surface area (Å²) in [6.45, 7) is 4.36. The van der Waals surface area contributed by atoms with Crippen LogP contribution < -0.4 is 5.73 Å². The van der Waals surface area contributed by atoms with Crippen molar-refractivity contribution in [1.82, 2.24) is 9.88 Å². The number of thiazole rings is 1. The Labute approximate surface area is 102 Å². The normalized spacial score (nSPS) is 26.2. The van der Waals surface area contributed by atoms with Crippen LogP contribution >= 0.6 is 11.3 Å². The summed E-state index contributed by atoms with van der Waals surface area (Å²) in [5.41, 5.74) is 5.95. The van der Waals surface area contributed by atoms with Gasteiger partial charge in [-0.25, -0.2) is 4.98 Å². The van der Waals surface area contributed by atoms with Gasteiger partial charge in [-0.3, -0.25) is 4.90 Å². The zero-order valence-electron chi connectivity index (χ0n) is 9.93. The predicted molar refractivity (Wildman–Crippen MR) is 68.4 cm³/mol. The van der Waals surface area contributed by atoms with Crippen molar-refractivity contribution in [3.63, 3.8) is 0 Å². The summed E-state index contributed by atoms with van der Waals surface area (Å²) in [6.07, 6.45) is 6.75. The van der Waals surface area contributed by atoms with Gasteiger partial charge in [-0.2, -0.15) is 0 Å². The molecule has 1 aliphatic rings. The van der Waals surface area contributed by atoms with E-state index in [-0.39, 0.29) is 0 Å². The highest BCUT2D eigenvalue weighted by Gasteiger charge is 2.23. The van der Waals surface area contributed by atoms with Crippen LogP contribution in [0.3, 0.4) is 0 Å². The largest absolute Gasteiger partial charge is 0.328 e. The van der Waals surface area contributed by atoms with Crippen molar-refractivity contribution in [2.45, 2.75) is 51.2 Å². The van der Waals surface area contributed by atoms with Crippen molar-refractivity contribution in [2.24, 2.45) is 5.73 Å². The molecule has 1 heterocycles. The first-order chi connectivity index (χ1) is 7.79. The molecule has 4 heteroatoms. The average molecular weight is 239 g/mol. The van der Waals surface area contributed by atoms with Crippen molar-refractivity contribution in [3.8, 4) is 0 Å². The van der Waals surface area contributed by atoms with Gasteiger partial charge in [0.15, 0.2) is 0 Å². The van der Waals surface area contributed by atoms with Gasteiger partial charge in [-0.05, 0) is 32.2 Å². The van der Waals surface area contributed by atoms with E-state index in [1.807, 2.05) is 6.20 Å². The van der Waals surface area contributed by atoms with Crippen LogP contribution in [-0.2, 0) is 6.54 Å². The molecule has 0 atom stereocenters. The van der Waals surface area contributed by atoms with Gasteiger partial charge in [-0.15, -0.1) is 11.3 Å². The zero-order chi connectivity index (χ0) is 11.4. The first-order valence-corrected chi connectivity index (χ1v) is 7.05. The molecule has 0 saturated heterocycles. The van der Waals surface area contributed by atoms with E-state index in [1.54, 1.807) is 11.3 Å². The SMILES string of the molecule is CCN(Cc1nccs1)C1CCC(N)CC1. The molecule has 16 heavy (non-hydrogen) atoms. The second-order valence-electron chi connectivity index (χ2n) is 4.56. The Bertz CT molecular complexity index is 291. The van der Waals surface area contributed by atoms with Gasteiger partial charge in [0.25, 0.3) is 0 Å². The second kappa shape index (κ2) is 5.75. The molecule has 3 nitrogen and oxygen atoms in total. The van der Waals surface area contributed by atoms with Crippen molar-refractivity contribution >= 4 is 11.3 Å². The maximum absolute atomic E-state index is 5.95. The van der Waals surface area contributed by atoms with Crippen molar-refractivity contribution < 1.29 is 0 Å². The van der Waals surface area contributed by atoms with E-state index in [9.17, 15) is 0 Å². The number of aromatic nitrogens is 1. The number of hydrogen-bond donors (Lipinski definition) is 1. The van der Waals surface area contributed by atoms with Crippen LogP contribution in [0.2, 0.25) is 0 Å². The maximum atomic E-state index is 5.95. The molecular formula is C12H21N3S. The molecule has 1 fully saturated rings. The molecule has 0 spiro atoms. The van der Waals surface area contributed by atoms with E-state index in [2.05, 4.69) is 22.2 Å². The van der Waals surface area contributed by atoms with E-state index < -0.39 is 0 Å². The quantitative estimate of drug-likeness (QED) is 0.876. The lowest BCUT2D eigenvalue weighted by Crippen LogP contribution is -2.40. The van der Waals surface area contributed by atoms with Crippen molar-refractivity contribution in [1.29, 1.82) is 0 Å². The zero-order valence-corrected chi connectivity index (χ0v) is 10.7. The van der Waals surface area contributed by atoms with Crippen molar-refractivity contribution in [2.75, 3.05) is 6.54 Å². The molecule has 1 aromatic rings. The van der Waals surface area contributed by atoms with Gasteiger partial charge in [-0.1, -0.05) is 6.92 Å². The fraction of sp³-hybridized carbons (Fsp3) is 0.750. The minimum atomic E-state index is 0.440. The maximum Gasteiger partial charge on any atom is 0.107 e. The first-order valence-electron chi connectivity index (χ1n) is 6.17. The summed E-state index contributed by atoms with van der Waals surface area (Å²) in [4.78, 5) is 6.91. The van der Waals surface area contributed by atoms with Gasteiger partial charge >= 0.3 is 0 Å². The van der Waals surface area contributed by atoms with E-state index in [0.717, 1.165) is 13.1 Å². The summed E-state index contributed by atoms with van der Waals surface area (Å²) in [7, 11) is 0. The van der Waals surface area contributed by atoms with Gasteiger partial charge in [0.2, 0.25) is 0 Å². The number of nitrogens with two attached hydrogens (primary N) is 1. The van der Waals surface area contributed by atoms with Gasteiger partial charge in [0.05, 0.1) is 6.54 Å². The Morgan fingerprint density at radius 2 is 2.19 bits per heavy atom. The molecule has 2 rings (SSSR count). The molecule has 2 N–H and O–H groups in total. The lowest BCUT2D eigenvalue weighted by Gasteiger charge is -2.34. The van der Waals surface area contributed by atoms with Crippen LogP contribution in [0.5, 0.6) is 0 Å². The van der Waals surface area contributed by atoms with Crippen LogP contribution in [0.4, 0.5) is 0 Å². The Balaban J connectivity index is 1.89. The predicted octanol–water partition coefficient (Wildman–Crippen LogP) is 2.23. The molecule has 0 unspecified atom stereocenters. The number of rotatable bonds is 4. The fourth-order valence-electron chi connectivity index (χ4n) is 2.47. The third kappa shape index (κ3) is 3.03. The van der Waals surface area contributed by atoms with Crippen LogP contribution in [0, 0.1) is 0 Å². The summed E-state index contributed by atoms with van der Waals surface area (Å²) in [5, 5.41) is 3.29. The molecule has 0 bridgehead atoms. The third-order valence-corrected chi connectivity index (χ3v) is 4.25. The standard InChI is InChI=1S/C12H21N3S/c1-2-15(9-12-14-7-8-16-12)11-5-3-10(13)4-6-11/h7-8,10-11H,2-6,9,13H2,1H3. The second-order valence-corrected chi connectivity index (χ2v) is 5.54. The van der Waals surface area contributed by atoms with Crippen LogP contribution in [-0.4, -0.2) is 28.5 Å². The van der Waals surface area contributed by atoms with E-state index >= 15 is 0 Å². The van der Waals surface area contributed by atoms with E-state index in [4.69, 9.17) is 5.73 Å². The van der Waals surface area contributed by atoms with Gasteiger partial charge in [0.1, 0.15) is 5.01 Å². The molecule has 1 aliphatic carbocycles. The summed E-state index contributed by atoms with van der Waals surface area (Å²) in [6, 6.07) is 1.16. The molecule has 0 aromatic carbocycles. The smallest absolute Gasteiger partial charge is 0.107 e. The lowest BCUT2D eigenvalue weighted by molar-refractivity contribution is 0.149. The third-order valence-electron chi connectivity index (χ3n) is 3.49. The highest BCUT2D eigenvalue weighted by molar-refractivity contribution is 7.09. The summed E-state index contributed by atoms with van der Waals surface area (Å²) < 4.78 is 0. The minimum Gasteiger partial charge on any atom is -0.328 e. The Kier molecular flexibility index (Phi) is 4.32. The van der Waals surface area contributed by atoms with Crippen LogP contribution in [0.25, 0.3) is 0 Å². The number of hydrogen-bond acceptors (Lipinski definition) is 4. The number of nitrogens with zero attached hydrogens (tertiary/aromatic N) is 2. The van der Waals surface area contributed by atoms with E-state index in [0.29, 0.717) is 12.1 Å². The summed E-state index contributed by atoms with van der Waals surface area (Å²) >= 11 is 1.75. The first kappa shape index (κ1) is 12.0. The molecule has 1 saturated carbocycles. The molecule has 0 radical (unpaired) electrons. The minimum absolute atomic E-state index is 0.440. The van der Waals surface area contributed by atoms with Gasteiger partial charge in [0, 0.05) is 23.7 Å². The molecule has 0 amide bonds. The van der Waals surface area contributed by atoms with Crippen molar-refractivity contribution in [3.05, 3.63) is 16.6 Å². The van der Waals surface area contributed by atoms with Crippen LogP contribution in [0.15, 0.2) is 11.6 Å². The highest BCUT2D eigenvalue weighted by atomic mass is 32.1. The average Bonchev–Trinajstić information content (AvgIpc) is 2.80.